The molecule has 0 saturated carbocycles. The summed E-state index contributed by atoms with van der Waals surface area (Å²) in [5.74, 6) is 0.336. The van der Waals surface area contributed by atoms with E-state index in [2.05, 4.69) is 12.6 Å². The van der Waals surface area contributed by atoms with Gasteiger partial charge in [0.15, 0.2) is 0 Å². The van der Waals surface area contributed by atoms with Gasteiger partial charge in [0.2, 0.25) is 0 Å². The number of rotatable bonds is 4. The Morgan fingerprint density at radius 2 is 2.08 bits per heavy atom. The van der Waals surface area contributed by atoms with Crippen molar-refractivity contribution in [3.63, 3.8) is 0 Å². The average Bonchev–Trinajstić information content (AvgIpc) is 2.66. The Balaban J connectivity index is 1.91. The third-order valence-corrected chi connectivity index (χ3v) is 4.34. The van der Waals surface area contributed by atoms with Crippen LogP contribution in [0.2, 0.25) is 0 Å². The van der Waals surface area contributed by atoms with Crippen LogP contribution < -0.4 is 4.74 Å². The molecule has 5 heteroatoms. The number of phenols is 1. The second-order valence-electron chi connectivity index (χ2n) is 5.48. The van der Waals surface area contributed by atoms with Crippen LogP contribution in [-0.2, 0) is 11.2 Å². The van der Waals surface area contributed by atoms with Gasteiger partial charge in [-0.1, -0.05) is 37.3 Å². The van der Waals surface area contributed by atoms with Gasteiger partial charge in [-0.05, 0) is 36.3 Å². The predicted molar refractivity (Wildman–Crippen MR) is 99.2 cm³/mol. The normalized spacial score (nSPS) is 13.1. The Morgan fingerprint density at radius 1 is 1.28 bits per heavy atom. The van der Waals surface area contributed by atoms with Crippen molar-refractivity contribution in [1.82, 2.24) is 0 Å². The molecule has 0 radical (unpaired) electrons. The molecule has 0 amide bonds. The summed E-state index contributed by atoms with van der Waals surface area (Å²) in [5, 5.41) is 10.1. The SMILES string of the molecule is CCc1ccc(OC(=O)c2ccccc2C2=CC=CCO2)c(S)c1O. The molecule has 2 aromatic rings. The molecule has 0 saturated heterocycles. The largest absolute Gasteiger partial charge is 0.506 e. The maximum Gasteiger partial charge on any atom is 0.344 e. The fourth-order valence-corrected chi connectivity index (χ4v) is 2.83. The van der Waals surface area contributed by atoms with E-state index < -0.39 is 5.97 Å². The number of ether oxygens (including phenoxy) is 2. The lowest BCUT2D eigenvalue weighted by Crippen LogP contribution is -2.12. The Bertz CT molecular complexity index is 868. The van der Waals surface area contributed by atoms with E-state index in [1.165, 1.54) is 0 Å². The summed E-state index contributed by atoms with van der Waals surface area (Å²) in [6.07, 6.45) is 6.24. The van der Waals surface area contributed by atoms with Gasteiger partial charge in [0.05, 0.1) is 10.5 Å². The lowest BCUT2D eigenvalue weighted by Gasteiger charge is -2.15. The molecule has 4 nitrogen and oxygen atoms in total. The first-order valence-electron chi connectivity index (χ1n) is 7.96. The molecule has 1 aliphatic rings. The van der Waals surface area contributed by atoms with Gasteiger partial charge in [-0.2, -0.15) is 0 Å². The Hall–Kier alpha value is -2.66. The molecule has 2 aromatic carbocycles. The number of phenolic OH excluding ortho intramolecular Hbond substituents is 1. The molecule has 0 aliphatic carbocycles. The molecule has 0 atom stereocenters. The molecule has 3 rings (SSSR count). The zero-order valence-electron chi connectivity index (χ0n) is 13.7. The van der Waals surface area contributed by atoms with Crippen molar-refractivity contribution in [3.8, 4) is 11.5 Å². The number of aryl methyl sites for hydroxylation is 1. The van der Waals surface area contributed by atoms with Crippen LogP contribution in [0.3, 0.4) is 0 Å². The zero-order chi connectivity index (χ0) is 17.8. The third kappa shape index (κ3) is 3.56. The topological polar surface area (TPSA) is 55.8 Å². The first kappa shape index (κ1) is 17.2. The van der Waals surface area contributed by atoms with Crippen LogP contribution in [0.4, 0.5) is 0 Å². The first-order chi connectivity index (χ1) is 12.1. The van der Waals surface area contributed by atoms with E-state index in [1.807, 2.05) is 31.2 Å². The number of hydrogen-bond donors (Lipinski definition) is 2. The van der Waals surface area contributed by atoms with Gasteiger partial charge in [0, 0.05) is 5.56 Å². The fraction of sp³-hybridized carbons (Fsp3) is 0.150. The number of benzene rings is 2. The van der Waals surface area contributed by atoms with Crippen LogP contribution in [-0.4, -0.2) is 17.7 Å². The summed E-state index contributed by atoms with van der Waals surface area (Å²) in [6.45, 7) is 2.39. The Kier molecular flexibility index (Phi) is 5.14. The Labute approximate surface area is 151 Å². The number of hydrogen-bond acceptors (Lipinski definition) is 5. The van der Waals surface area contributed by atoms with E-state index in [9.17, 15) is 9.90 Å². The number of esters is 1. The van der Waals surface area contributed by atoms with Crippen LogP contribution in [0.25, 0.3) is 5.76 Å². The van der Waals surface area contributed by atoms with Crippen molar-refractivity contribution in [2.24, 2.45) is 0 Å². The standard InChI is InChI=1S/C20H18O4S/c1-2-13-10-11-17(19(25)18(13)21)24-20(22)15-8-4-3-7-14(15)16-9-5-6-12-23-16/h3-11,21,25H,2,12H2,1H3. The molecule has 0 fully saturated rings. The van der Waals surface area contributed by atoms with E-state index >= 15 is 0 Å². The van der Waals surface area contributed by atoms with E-state index in [-0.39, 0.29) is 16.4 Å². The maximum absolute atomic E-state index is 12.7. The lowest BCUT2D eigenvalue weighted by molar-refractivity contribution is 0.0729. The van der Waals surface area contributed by atoms with Crippen molar-refractivity contribution < 1.29 is 19.4 Å². The zero-order valence-corrected chi connectivity index (χ0v) is 14.6. The average molecular weight is 354 g/mol. The molecule has 0 unspecified atom stereocenters. The van der Waals surface area contributed by atoms with Crippen LogP contribution in [0.1, 0.15) is 28.4 Å². The number of carbonyl (C=O) groups excluding carboxylic acids is 1. The molecule has 25 heavy (non-hydrogen) atoms. The molecule has 128 valence electrons. The monoisotopic (exact) mass is 354 g/mol. The van der Waals surface area contributed by atoms with Gasteiger partial charge >= 0.3 is 5.97 Å². The first-order valence-corrected chi connectivity index (χ1v) is 8.41. The van der Waals surface area contributed by atoms with Crippen molar-refractivity contribution in [2.75, 3.05) is 6.61 Å². The van der Waals surface area contributed by atoms with Gasteiger partial charge in [0.1, 0.15) is 23.9 Å². The summed E-state index contributed by atoms with van der Waals surface area (Å²) in [6, 6.07) is 10.4. The highest BCUT2D eigenvalue weighted by atomic mass is 32.1. The molecule has 0 bridgehead atoms. The summed E-state index contributed by atoms with van der Waals surface area (Å²) in [4.78, 5) is 12.9. The quantitative estimate of drug-likeness (QED) is 0.486. The maximum atomic E-state index is 12.7. The molecular formula is C20H18O4S. The minimum Gasteiger partial charge on any atom is -0.506 e. The molecule has 1 heterocycles. The summed E-state index contributed by atoms with van der Waals surface area (Å²) < 4.78 is 11.1. The van der Waals surface area contributed by atoms with Crippen LogP contribution >= 0.6 is 12.6 Å². The van der Waals surface area contributed by atoms with Crippen molar-refractivity contribution in [1.29, 1.82) is 0 Å². The highest BCUT2D eigenvalue weighted by Crippen LogP contribution is 2.35. The van der Waals surface area contributed by atoms with Crippen LogP contribution in [0, 0.1) is 0 Å². The van der Waals surface area contributed by atoms with Crippen LogP contribution in [0.15, 0.2) is 59.5 Å². The van der Waals surface area contributed by atoms with Gasteiger partial charge in [-0.3, -0.25) is 0 Å². The minimum atomic E-state index is -0.534. The second kappa shape index (κ2) is 7.49. The molecule has 0 spiro atoms. The fourth-order valence-electron chi connectivity index (χ4n) is 2.57. The highest BCUT2D eigenvalue weighted by Gasteiger charge is 2.19. The molecular weight excluding hydrogens is 336 g/mol. The summed E-state index contributed by atoms with van der Waals surface area (Å²) in [5.41, 5.74) is 1.79. The summed E-state index contributed by atoms with van der Waals surface area (Å²) in [7, 11) is 0. The van der Waals surface area contributed by atoms with E-state index in [0.717, 1.165) is 5.56 Å². The van der Waals surface area contributed by atoms with Crippen molar-refractivity contribution in [2.45, 2.75) is 18.2 Å². The van der Waals surface area contributed by atoms with Crippen LogP contribution in [0.5, 0.6) is 11.5 Å². The number of allylic oxidation sites excluding steroid dienone is 2. The van der Waals surface area contributed by atoms with Crippen molar-refractivity contribution in [3.05, 3.63) is 71.3 Å². The van der Waals surface area contributed by atoms with E-state index in [4.69, 9.17) is 9.47 Å². The van der Waals surface area contributed by atoms with E-state index in [1.54, 1.807) is 30.3 Å². The Morgan fingerprint density at radius 3 is 2.80 bits per heavy atom. The number of thiol groups is 1. The van der Waals surface area contributed by atoms with E-state index in [0.29, 0.717) is 29.9 Å². The predicted octanol–water partition coefficient (Wildman–Crippen LogP) is 4.39. The lowest BCUT2D eigenvalue weighted by atomic mass is 10.0. The van der Waals surface area contributed by atoms with Gasteiger partial charge in [-0.25, -0.2) is 4.79 Å². The van der Waals surface area contributed by atoms with Gasteiger partial charge in [0.25, 0.3) is 0 Å². The smallest absolute Gasteiger partial charge is 0.344 e. The number of carbonyl (C=O) groups is 1. The highest BCUT2D eigenvalue weighted by molar-refractivity contribution is 7.80. The minimum absolute atomic E-state index is 0.0351. The molecule has 0 aromatic heterocycles. The van der Waals surface area contributed by atoms with Crippen molar-refractivity contribution >= 4 is 24.4 Å². The summed E-state index contributed by atoms with van der Waals surface area (Å²) >= 11 is 4.28. The molecule has 1 aliphatic heterocycles. The van der Waals surface area contributed by atoms with Gasteiger partial charge < -0.3 is 14.6 Å². The molecule has 1 N–H and O–H groups in total. The second-order valence-corrected chi connectivity index (χ2v) is 5.93. The number of aromatic hydroxyl groups is 1. The third-order valence-electron chi connectivity index (χ3n) is 3.91. The van der Waals surface area contributed by atoms with Gasteiger partial charge in [-0.15, -0.1) is 12.6 Å².